The molecule has 1 fully saturated rings. The second kappa shape index (κ2) is 11.5. The lowest BCUT2D eigenvalue weighted by Gasteiger charge is -2.52. The van der Waals surface area contributed by atoms with Gasteiger partial charge in [-0.15, -0.1) is 0 Å². The maximum absolute atomic E-state index is 7.13. The molecule has 0 bridgehead atoms. The smallest absolute Gasteiger partial charge is 0.257 e. The van der Waals surface area contributed by atoms with Crippen molar-refractivity contribution in [3.63, 3.8) is 0 Å². The molecule has 7 aromatic rings. The summed E-state index contributed by atoms with van der Waals surface area (Å²) in [5.41, 5.74) is 20.6. The third-order valence-corrected chi connectivity index (χ3v) is 14.7. The zero-order chi connectivity index (χ0) is 39.4. The van der Waals surface area contributed by atoms with E-state index in [-0.39, 0.29) is 28.5 Å². The number of rotatable bonds is 2. The van der Waals surface area contributed by atoms with E-state index in [1.165, 1.54) is 109 Å². The lowest BCUT2D eigenvalue weighted by Crippen LogP contribution is -2.64. The van der Waals surface area contributed by atoms with Crippen molar-refractivity contribution in [2.45, 2.75) is 110 Å². The summed E-state index contributed by atoms with van der Waals surface area (Å²) < 4.78 is 7.13. The second-order valence-corrected chi connectivity index (χ2v) is 20.2. The van der Waals surface area contributed by atoms with Crippen LogP contribution in [0.2, 0.25) is 0 Å². The van der Waals surface area contributed by atoms with Gasteiger partial charge in [0.05, 0.1) is 11.2 Å². The summed E-state index contributed by atoms with van der Waals surface area (Å²) in [6, 6.07) is 41.8. The van der Waals surface area contributed by atoms with Gasteiger partial charge in [0.25, 0.3) is 6.71 Å². The molecule has 1 aromatic heterocycles. The van der Waals surface area contributed by atoms with Gasteiger partial charge in [-0.1, -0.05) is 128 Å². The first-order chi connectivity index (χ1) is 27.2. The van der Waals surface area contributed by atoms with Gasteiger partial charge in [-0.2, -0.15) is 0 Å². The Hall–Kier alpha value is -5.22. The fourth-order valence-electron chi connectivity index (χ4n) is 11.5. The molecule has 6 aromatic carbocycles. The molecule has 0 amide bonds. The molecule has 1 aliphatic carbocycles. The van der Waals surface area contributed by atoms with Crippen molar-refractivity contribution in [2.24, 2.45) is 0 Å². The number of nitrogens with zero attached hydrogens (tertiary/aromatic N) is 2. The highest BCUT2D eigenvalue weighted by Gasteiger charge is 2.62. The largest absolute Gasteiger partial charge is 0.457 e. The van der Waals surface area contributed by atoms with Crippen molar-refractivity contribution in [3.8, 4) is 11.1 Å². The standard InChI is InChI=1S/C53H53BN2O/c1-32-27-43-46-44(28-32)56-48-39(52(8)25-15-16-26-53(52,56)9)30-35(51(5,6)7)31-40(48)54(46)47-42(24-22-37-36-19-13-14-20-45(36)57-49(37)47)55(43)41-23-21-34(50(2,3)4)29-38(41)33-17-11-10-12-18-33/h10-14,17-24,27-31H,15-16,25-26H2,1-9H3. The monoisotopic (exact) mass is 744 g/mol. The van der Waals surface area contributed by atoms with Gasteiger partial charge in [0.15, 0.2) is 0 Å². The van der Waals surface area contributed by atoms with Crippen molar-refractivity contribution in [2.75, 3.05) is 9.80 Å². The van der Waals surface area contributed by atoms with E-state index in [0.717, 1.165) is 11.2 Å². The van der Waals surface area contributed by atoms with Gasteiger partial charge in [-0.05, 0) is 124 Å². The van der Waals surface area contributed by atoms with Crippen LogP contribution in [-0.2, 0) is 16.2 Å². The Labute approximate surface area is 338 Å². The van der Waals surface area contributed by atoms with Crippen molar-refractivity contribution in [3.05, 3.63) is 131 Å². The van der Waals surface area contributed by atoms with E-state index in [2.05, 4.69) is 181 Å². The molecule has 0 spiro atoms. The lowest BCUT2D eigenvalue weighted by atomic mass is 9.33. The quantitative estimate of drug-likeness (QED) is 0.164. The Morgan fingerprint density at radius 3 is 2.11 bits per heavy atom. The van der Waals surface area contributed by atoms with Crippen molar-refractivity contribution < 1.29 is 4.42 Å². The minimum Gasteiger partial charge on any atom is -0.457 e. The fourth-order valence-corrected chi connectivity index (χ4v) is 11.5. The van der Waals surface area contributed by atoms with Gasteiger partial charge < -0.3 is 14.2 Å². The van der Waals surface area contributed by atoms with Gasteiger partial charge >= 0.3 is 0 Å². The highest BCUT2D eigenvalue weighted by atomic mass is 16.3. The average Bonchev–Trinajstić information content (AvgIpc) is 3.66. The zero-order valence-corrected chi connectivity index (χ0v) is 35.1. The summed E-state index contributed by atoms with van der Waals surface area (Å²) in [4.78, 5) is 5.46. The van der Waals surface area contributed by atoms with Crippen molar-refractivity contribution in [1.82, 2.24) is 0 Å². The van der Waals surface area contributed by atoms with Crippen molar-refractivity contribution in [1.29, 1.82) is 0 Å². The van der Waals surface area contributed by atoms with Crippen LogP contribution in [0.3, 0.4) is 0 Å². The molecule has 2 atom stereocenters. The maximum Gasteiger partial charge on any atom is 0.257 e. The molecule has 4 heterocycles. The number of hydrogen-bond donors (Lipinski definition) is 0. The van der Waals surface area contributed by atoms with Gasteiger partial charge in [-0.3, -0.25) is 0 Å². The van der Waals surface area contributed by atoms with Crippen molar-refractivity contribution >= 4 is 73.5 Å². The third-order valence-electron chi connectivity index (χ3n) is 14.7. The first-order valence-electron chi connectivity index (χ1n) is 21.3. The summed E-state index contributed by atoms with van der Waals surface area (Å²) in [5.74, 6) is 0. The van der Waals surface area contributed by atoms with Gasteiger partial charge in [0.1, 0.15) is 11.2 Å². The Bertz CT molecular complexity index is 2840. The van der Waals surface area contributed by atoms with E-state index in [9.17, 15) is 0 Å². The van der Waals surface area contributed by atoms with Crippen LogP contribution in [0.15, 0.2) is 114 Å². The molecule has 57 heavy (non-hydrogen) atoms. The van der Waals surface area contributed by atoms with Crippen LogP contribution in [0.4, 0.5) is 28.4 Å². The number of hydrogen-bond acceptors (Lipinski definition) is 3. The zero-order valence-electron chi connectivity index (χ0n) is 35.1. The minimum atomic E-state index is -0.0502. The van der Waals surface area contributed by atoms with E-state index in [4.69, 9.17) is 4.42 Å². The predicted octanol–water partition coefficient (Wildman–Crippen LogP) is 12.5. The average molecular weight is 745 g/mol. The van der Waals surface area contributed by atoms with E-state index >= 15 is 0 Å². The first-order valence-corrected chi connectivity index (χ1v) is 21.3. The molecule has 11 rings (SSSR count). The SMILES string of the molecule is Cc1cc2c3c(c1)N1c4c(cc(C(C)(C)C)cc4C4(C)CCCCC14C)B3c1c(ccc3c1oc1ccccc13)N2c1ccc(C(C)(C)C)cc1-c1ccccc1. The molecule has 0 radical (unpaired) electrons. The molecule has 4 heteroatoms. The second-order valence-electron chi connectivity index (χ2n) is 20.2. The Morgan fingerprint density at radius 1 is 0.632 bits per heavy atom. The summed E-state index contributed by atoms with van der Waals surface area (Å²) >= 11 is 0. The van der Waals surface area contributed by atoms with E-state index in [1.54, 1.807) is 5.56 Å². The molecule has 3 nitrogen and oxygen atoms in total. The van der Waals surface area contributed by atoms with Crippen LogP contribution in [0, 0.1) is 6.92 Å². The molecule has 3 aliphatic heterocycles. The fraction of sp³-hybridized carbons (Fsp3) is 0.321. The summed E-state index contributed by atoms with van der Waals surface area (Å²) in [7, 11) is 0. The number of para-hydroxylation sites is 1. The van der Waals surface area contributed by atoms with Crippen LogP contribution in [0.1, 0.15) is 103 Å². The molecule has 0 N–H and O–H groups in total. The number of anilines is 5. The molecule has 4 aliphatic rings. The molecule has 2 unspecified atom stereocenters. The van der Waals surface area contributed by atoms with Gasteiger partial charge in [0, 0.05) is 44.5 Å². The maximum atomic E-state index is 7.13. The van der Waals surface area contributed by atoms with Gasteiger partial charge in [-0.25, -0.2) is 0 Å². The molecule has 0 saturated heterocycles. The normalized spacial score (nSPS) is 20.8. The summed E-state index contributed by atoms with van der Waals surface area (Å²) in [6.45, 7) is 21.6. The number of aryl methyl sites for hydroxylation is 1. The van der Waals surface area contributed by atoms with Crippen LogP contribution in [0.5, 0.6) is 0 Å². The molecule has 1 saturated carbocycles. The molecular weight excluding hydrogens is 691 g/mol. The molecular formula is C53H53BN2O. The van der Waals surface area contributed by atoms with E-state index in [0.29, 0.717) is 0 Å². The van der Waals surface area contributed by atoms with E-state index in [1.807, 2.05) is 0 Å². The topological polar surface area (TPSA) is 19.6 Å². The molecule has 284 valence electrons. The summed E-state index contributed by atoms with van der Waals surface area (Å²) in [5, 5.41) is 2.36. The minimum absolute atomic E-state index is 0.0000752. The lowest BCUT2D eigenvalue weighted by molar-refractivity contribution is 0.195. The third kappa shape index (κ3) is 4.62. The number of benzene rings is 6. The number of furan rings is 1. The highest BCUT2D eigenvalue weighted by Crippen LogP contribution is 2.62. The Morgan fingerprint density at radius 2 is 1.33 bits per heavy atom. The Balaban J connectivity index is 1.31. The number of fused-ring (bicyclic) bond motifs is 11. The Kier molecular flexibility index (Phi) is 7.04. The predicted molar refractivity (Wildman–Crippen MR) is 243 cm³/mol. The van der Waals surface area contributed by atoms with Crippen LogP contribution < -0.4 is 26.2 Å². The van der Waals surface area contributed by atoms with E-state index < -0.39 is 0 Å². The summed E-state index contributed by atoms with van der Waals surface area (Å²) in [6.07, 6.45) is 4.91. The van der Waals surface area contributed by atoms with Crippen LogP contribution >= 0.6 is 0 Å². The van der Waals surface area contributed by atoms with Crippen LogP contribution in [0.25, 0.3) is 33.1 Å². The first kappa shape index (κ1) is 35.0. The van der Waals surface area contributed by atoms with Gasteiger partial charge in [0.2, 0.25) is 0 Å². The van der Waals surface area contributed by atoms with Crippen LogP contribution in [-0.4, -0.2) is 12.3 Å². The highest BCUT2D eigenvalue weighted by molar-refractivity contribution is 7.01.